The Kier molecular flexibility index (Phi) is 7.22. The van der Waals surface area contributed by atoms with Crippen LogP contribution in [0.2, 0.25) is 15.1 Å². The Balaban J connectivity index is 1.60. The Hall–Kier alpha value is -3.32. The molecular weight excluding hydrogens is 501 g/mol. The van der Waals surface area contributed by atoms with Crippen molar-refractivity contribution in [3.63, 3.8) is 0 Å². The summed E-state index contributed by atoms with van der Waals surface area (Å²) in [5.74, 6) is -0.545. The van der Waals surface area contributed by atoms with Crippen molar-refractivity contribution in [3.05, 3.63) is 98.1 Å². The van der Waals surface area contributed by atoms with E-state index in [0.29, 0.717) is 44.1 Å². The molecule has 0 atom stereocenters. The first kappa shape index (κ1) is 23.8. The molecule has 9 heteroatoms. The predicted molar refractivity (Wildman–Crippen MR) is 131 cm³/mol. The third kappa shape index (κ3) is 5.42. The number of carbonyl (C=O) groups excluding carboxylic acids is 2. The van der Waals surface area contributed by atoms with Gasteiger partial charge < -0.3 is 14.2 Å². The Morgan fingerprint density at radius 1 is 0.971 bits per heavy atom. The van der Waals surface area contributed by atoms with Gasteiger partial charge in [0.05, 0.1) is 22.8 Å². The molecule has 6 nitrogen and oxygen atoms in total. The molecule has 0 saturated heterocycles. The second-order valence-electron chi connectivity index (χ2n) is 7.00. The highest BCUT2D eigenvalue weighted by Crippen LogP contribution is 2.31. The van der Waals surface area contributed by atoms with E-state index in [0.717, 1.165) is 0 Å². The van der Waals surface area contributed by atoms with E-state index in [1.54, 1.807) is 61.5 Å². The predicted octanol–water partition coefficient (Wildman–Crippen LogP) is 6.61. The van der Waals surface area contributed by atoms with Gasteiger partial charge in [-0.3, -0.25) is 0 Å². The molecule has 0 saturated carbocycles. The SMILES string of the molecule is CCOc1cc(/C=C2/N=C(c3ccc(Cl)cc3Cl)OC2=O)ccc1OC(=O)c1ccc(Cl)cc1. The van der Waals surface area contributed by atoms with Gasteiger partial charge in [0.25, 0.3) is 0 Å². The number of aliphatic imine (C=N–C) groups is 1. The van der Waals surface area contributed by atoms with Crippen molar-refractivity contribution in [3.8, 4) is 11.5 Å². The summed E-state index contributed by atoms with van der Waals surface area (Å²) in [6.07, 6.45) is 1.53. The van der Waals surface area contributed by atoms with Crippen molar-refractivity contribution in [2.24, 2.45) is 4.99 Å². The van der Waals surface area contributed by atoms with Crippen LogP contribution in [0.15, 0.2) is 71.4 Å². The number of hydrogen-bond acceptors (Lipinski definition) is 6. The fourth-order valence-electron chi connectivity index (χ4n) is 3.06. The number of hydrogen-bond donors (Lipinski definition) is 0. The number of carbonyl (C=O) groups is 2. The smallest absolute Gasteiger partial charge is 0.363 e. The maximum absolute atomic E-state index is 12.5. The Bertz CT molecular complexity index is 1330. The van der Waals surface area contributed by atoms with Gasteiger partial charge in [0.15, 0.2) is 17.2 Å². The van der Waals surface area contributed by atoms with Crippen LogP contribution in [-0.4, -0.2) is 24.4 Å². The Morgan fingerprint density at radius 3 is 2.41 bits per heavy atom. The lowest BCUT2D eigenvalue weighted by Crippen LogP contribution is -2.09. The lowest BCUT2D eigenvalue weighted by atomic mass is 10.1. The zero-order chi connectivity index (χ0) is 24.2. The van der Waals surface area contributed by atoms with E-state index in [1.807, 2.05) is 0 Å². The average Bonchev–Trinajstić information content (AvgIpc) is 3.15. The molecule has 1 heterocycles. The van der Waals surface area contributed by atoms with Crippen LogP contribution in [0.1, 0.15) is 28.4 Å². The molecule has 0 aromatic heterocycles. The summed E-state index contributed by atoms with van der Waals surface area (Å²) in [7, 11) is 0. The first-order chi connectivity index (χ1) is 16.3. The minimum atomic E-state index is -0.628. The summed E-state index contributed by atoms with van der Waals surface area (Å²) >= 11 is 18.0. The number of nitrogens with zero attached hydrogens (tertiary/aromatic N) is 1. The number of halogens is 3. The van der Waals surface area contributed by atoms with Gasteiger partial charge in [0.2, 0.25) is 5.90 Å². The summed E-state index contributed by atoms with van der Waals surface area (Å²) in [6, 6.07) is 16.0. The average molecular weight is 517 g/mol. The molecular formula is C25H16Cl3NO5. The van der Waals surface area contributed by atoms with Crippen LogP contribution in [-0.2, 0) is 9.53 Å². The number of cyclic esters (lactones) is 1. The molecule has 172 valence electrons. The van der Waals surface area contributed by atoms with E-state index >= 15 is 0 Å². The molecule has 3 aromatic rings. The highest BCUT2D eigenvalue weighted by atomic mass is 35.5. The van der Waals surface area contributed by atoms with Gasteiger partial charge in [-0.1, -0.05) is 40.9 Å². The molecule has 0 unspecified atom stereocenters. The third-order valence-electron chi connectivity index (χ3n) is 4.64. The van der Waals surface area contributed by atoms with Crippen LogP contribution >= 0.6 is 34.8 Å². The summed E-state index contributed by atoms with van der Waals surface area (Å²) < 4.78 is 16.4. The molecule has 1 aliphatic rings. The number of ether oxygens (including phenoxy) is 3. The van der Waals surface area contributed by atoms with Crippen LogP contribution in [0.4, 0.5) is 0 Å². The Morgan fingerprint density at radius 2 is 1.71 bits per heavy atom. The molecule has 0 N–H and O–H groups in total. The van der Waals surface area contributed by atoms with E-state index in [-0.39, 0.29) is 17.3 Å². The second kappa shape index (κ2) is 10.3. The topological polar surface area (TPSA) is 74.2 Å². The fourth-order valence-corrected chi connectivity index (χ4v) is 3.67. The van der Waals surface area contributed by atoms with Gasteiger partial charge in [0.1, 0.15) is 0 Å². The summed E-state index contributed by atoms with van der Waals surface area (Å²) in [4.78, 5) is 29.1. The third-order valence-corrected chi connectivity index (χ3v) is 5.44. The molecule has 0 amide bonds. The minimum absolute atomic E-state index is 0.0781. The first-order valence-corrected chi connectivity index (χ1v) is 11.2. The molecule has 0 radical (unpaired) electrons. The minimum Gasteiger partial charge on any atom is -0.490 e. The highest BCUT2D eigenvalue weighted by molar-refractivity contribution is 6.37. The highest BCUT2D eigenvalue weighted by Gasteiger charge is 2.26. The van der Waals surface area contributed by atoms with Gasteiger partial charge in [-0.05, 0) is 73.2 Å². The molecule has 0 fully saturated rings. The maximum Gasteiger partial charge on any atom is 0.363 e. The van der Waals surface area contributed by atoms with E-state index < -0.39 is 11.9 Å². The van der Waals surface area contributed by atoms with E-state index in [1.165, 1.54) is 12.1 Å². The van der Waals surface area contributed by atoms with Crippen molar-refractivity contribution >= 4 is 58.7 Å². The monoisotopic (exact) mass is 515 g/mol. The van der Waals surface area contributed by atoms with Gasteiger partial charge >= 0.3 is 11.9 Å². The van der Waals surface area contributed by atoms with E-state index in [4.69, 9.17) is 49.0 Å². The van der Waals surface area contributed by atoms with Gasteiger partial charge in [0, 0.05) is 10.0 Å². The zero-order valence-electron chi connectivity index (χ0n) is 17.7. The van der Waals surface area contributed by atoms with Crippen LogP contribution in [0.3, 0.4) is 0 Å². The van der Waals surface area contributed by atoms with Crippen molar-refractivity contribution in [1.29, 1.82) is 0 Å². The number of benzene rings is 3. The van der Waals surface area contributed by atoms with E-state index in [2.05, 4.69) is 4.99 Å². The normalized spacial score (nSPS) is 14.1. The quantitative estimate of drug-likeness (QED) is 0.209. The van der Waals surface area contributed by atoms with Gasteiger partial charge in [-0.15, -0.1) is 0 Å². The molecule has 1 aliphatic heterocycles. The van der Waals surface area contributed by atoms with Crippen LogP contribution < -0.4 is 9.47 Å². The van der Waals surface area contributed by atoms with Crippen LogP contribution in [0, 0.1) is 0 Å². The standard InChI is InChI=1S/C25H16Cl3NO5/c1-2-32-22-12-14(3-10-21(22)33-24(30)15-4-6-16(26)7-5-15)11-20-25(31)34-23(29-20)18-9-8-17(27)13-19(18)28/h3-13H,2H2,1H3/b20-11+. The lowest BCUT2D eigenvalue weighted by molar-refractivity contribution is -0.129. The molecule has 3 aromatic carbocycles. The zero-order valence-corrected chi connectivity index (χ0v) is 19.9. The van der Waals surface area contributed by atoms with E-state index in [9.17, 15) is 9.59 Å². The lowest BCUT2D eigenvalue weighted by Gasteiger charge is -2.11. The van der Waals surface area contributed by atoms with Gasteiger partial charge in [-0.25, -0.2) is 14.6 Å². The Labute approximate surface area is 210 Å². The molecule has 4 rings (SSSR count). The van der Waals surface area contributed by atoms with Crippen molar-refractivity contribution in [1.82, 2.24) is 0 Å². The molecule has 0 spiro atoms. The van der Waals surface area contributed by atoms with Crippen LogP contribution in [0.5, 0.6) is 11.5 Å². The fraction of sp³-hybridized carbons (Fsp3) is 0.0800. The molecule has 0 aliphatic carbocycles. The van der Waals surface area contributed by atoms with Crippen molar-refractivity contribution in [2.75, 3.05) is 6.61 Å². The second-order valence-corrected chi connectivity index (χ2v) is 8.28. The summed E-state index contributed by atoms with van der Waals surface area (Å²) in [6.45, 7) is 2.14. The van der Waals surface area contributed by atoms with Crippen molar-refractivity contribution < 1.29 is 23.8 Å². The molecule has 34 heavy (non-hydrogen) atoms. The molecule has 0 bridgehead atoms. The number of rotatable bonds is 6. The summed E-state index contributed by atoms with van der Waals surface area (Å²) in [5, 5.41) is 1.28. The van der Waals surface area contributed by atoms with Crippen LogP contribution in [0.25, 0.3) is 6.08 Å². The van der Waals surface area contributed by atoms with Crippen molar-refractivity contribution in [2.45, 2.75) is 6.92 Å². The number of esters is 2. The first-order valence-electron chi connectivity index (χ1n) is 10.1. The summed E-state index contributed by atoms with van der Waals surface area (Å²) in [5.41, 5.74) is 1.46. The maximum atomic E-state index is 12.5. The van der Waals surface area contributed by atoms with Gasteiger partial charge in [-0.2, -0.15) is 0 Å². The largest absolute Gasteiger partial charge is 0.490 e.